The molecule has 0 aliphatic rings. The molecule has 0 fully saturated rings. The van der Waals surface area contributed by atoms with E-state index >= 15 is 0 Å². The highest BCUT2D eigenvalue weighted by molar-refractivity contribution is 7.17. The van der Waals surface area contributed by atoms with Gasteiger partial charge in [-0.15, -0.1) is 0 Å². The van der Waals surface area contributed by atoms with Gasteiger partial charge >= 0.3 is 12.1 Å². The molecule has 1 unspecified atom stereocenters. The molecular formula is C7H4Cl2F3NO2S. The van der Waals surface area contributed by atoms with Gasteiger partial charge in [0.1, 0.15) is 4.88 Å². The van der Waals surface area contributed by atoms with Crippen LogP contribution < -0.4 is 0 Å². The molecule has 1 heterocycles. The van der Waals surface area contributed by atoms with Gasteiger partial charge in [-0.25, -0.2) is 9.78 Å². The van der Waals surface area contributed by atoms with Gasteiger partial charge in [-0.05, 0) is 6.92 Å². The van der Waals surface area contributed by atoms with Crippen molar-refractivity contribution < 1.29 is 22.7 Å². The van der Waals surface area contributed by atoms with E-state index in [-0.39, 0.29) is 4.47 Å². The monoisotopic (exact) mass is 293 g/mol. The average Bonchev–Trinajstić information content (AvgIpc) is 2.45. The Morgan fingerprint density at radius 1 is 1.56 bits per heavy atom. The number of hydrogen-bond donors (Lipinski definition) is 0. The molecule has 0 saturated heterocycles. The summed E-state index contributed by atoms with van der Waals surface area (Å²) in [6, 6.07) is 0. The molecule has 1 aromatic rings. The second-order valence-corrected chi connectivity index (χ2v) is 4.79. The molecule has 1 rings (SSSR count). The standard InChI is InChI=1S/C7H4Cl2F3NO2S/c1-2(8)15-5(14)3-4(7(10,11)12)13-6(9)16-3/h2H,1H3. The maximum Gasteiger partial charge on any atom is 0.435 e. The summed E-state index contributed by atoms with van der Waals surface area (Å²) in [6.45, 7) is 1.30. The SMILES string of the molecule is CC(Cl)OC(=O)c1sc(Cl)nc1C(F)(F)F. The highest BCUT2D eigenvalue weighted by Crippen LogP contribution is 2.36. The van der Waals surface area contributed by atoms with Crippen molar-refractivity contribution in [1.29, 1.82) is 0 Å². The van der Waals surface area contributed by atoms with Crippen LogP contribution >= 0.6 is 34.5 Å². The third-order valence-electron chi connectivity index (χ3n) is 1.32. The second-order valence-electron chi connectivity index (χ2n) is 2.59. The van der Waals surface area contributed by atoms with Crippen LogP contribution in [0.15, 0.2) is 0 Å². The number of hydrogen-bond acceptors (Lipinski definition) is 4. The van der Waals surface area contributed by atoms with E-state index in [1.165, 1.54) is 6.92 Å². The Morgan fingerprint density at radius 3 is 2.56 bits per heavy atom. The third-order valence-corrected chi connectivity index (χ3v) is 2.55. The molecule has 0 N–H and O–H groups in total. The van der Waals surface area contributed by atoms with Crippen molar-refractivity contribution in [2.45, 2.75) is 18.7 Å². The van der Waals surface area contributed by atoms with Gasteiger partial charge in [-0.3, -0.25) is 0 Å². The Balaban J connectivity index is 3.09. The third kappa shape index (κ3) is 3.23. The molecule has 1 atom stereocenters. The maximum absolute atomic E-state index is 12.4. The first-order valence-corrected chi connectivity index (χ1v) is 5.43. The topological polar surface area (TPSA) is 39.2 Å². The zero-order valence-corrected chi connectivity index (χ0v) is 9.97. The molecule has 3 nitrogen and oxygen atoms in total. The van der Waals surface area contributed by atoms with Crippen molar-refractivity contribution in [3.05, 3.63) is 15.0 Å². The molecular weight excluding hydrogens is 290 g/mol. The number of thiazole rings is 1. The normalized spacial score (nSPS) is 13.6. The van der Waals surface area contributed by atoms with Gasteiger partial charge in [0.25, 0.3) is 0 Å². The summed E-state index contributed by atoms with van der Waals surface area (Å²) in [5.74, 6) is -1.20. The molecule has 0 aliphatic heterocycles. The number of carbonyl (C=O) groups is 1. The first kappa shape index (κ1) is 13.5. The minimum atomic E-state index is -4.76. The second kappa shape index (κ2) is 4.77. The smallest absolute Gasteiger partial charge is 0.435 e. The van der Waals surface area contributed by atoms with Crippen molar-refractivity contribution in [3.8, 4) is 0 Å². The quantitative estimate of drug-likeness (QED) is 0.618. The lowest BCUT2D eigenvalue weighted by Gasteiger charge is -2.07. The molecule has 0 bridgehead atoms. The van der Waals surface area contributed by atoms with Crippen LogP contribution in [0.3, 0.4) is 0 Å². The van der Waals surface area contributed by atoms with Crippen molar-refractivity contribution in [2.24, 2.45) is 0 Å². The van der Waals surface area contributed by atoms with E-state index in [0.717, 1.165) is 0 Å². The Labute approximate surface area is 102 Å². The Bertz CT molecular complexity index is 405. The van der Waals surface area contributed by atoms with Gasteiger partial charge in [-0.2, -0.15) is 13.2 Å². The summed E-state index contributed by atoms with van der Waals surface area (Å²) in [5, 5.41) is 0. The lowest BCUT2D eigenvalue weighted by molar-refractivity contribution is -0.141. The van der Waals surface area contributed by atoms with Crippen molar-refractivity contribution >= 4 is 40.5 Å². The molecule has 0 radical (unpaired) electrons. The number of esters is 1. The first-order valence-electron chi connectivity index (χ1n) is 3.80. The lowest BCUT2D eigenvalue weighted by atomic mass is 10.3. The highest BCUT2D eigenvalue weighted by atomic mass is 35.5. The molecule has 0 aromatic carbocycles. The van der Waals surface area contributed by atoms with Gasteiger partial charge in [0, 0.05) is 0 Å². The molecule has 1 aromatic heterocycles. The van der Waals surface area contributed by atoms with Crippen LogP contribution in [0, 0.1) is 0 Å². The van der Waals surface area contributed by atoms with Crippen LogP contribution in [0.5, 0.6) is 0 Å². The summed E-state index contributed by atoms with van der Waals surface area (Å²) < 4.78 is 41.2. The van der Waals surface area contributed by atoms with Crippen LogP contribution in [0.1, 0.15) is 22.3 Å². The summed E-state index contributed by atoms with van der Waals surface area (Å²) in [6.07, 6.45) is -4.76. The minimum Gasteiger partial charge on any atom is -0.442 e. The predicted molar refractivity (Wildman–Crippen MR) is 52.9 cm³/mol. The van der Waals surface area contributed by atoms with Gasteiger partial charge in [-0.1, -0.05) is 34.5 Å². The van der Waals surface area contributed by atoms with E-state index in [2.05, 4.69) is 9.72 Å². The van der Waals surface area contributed by atoms with Crippen molar-refractivity contribution in [3.63, 3.8) is 0 Å². The summed E-state index contributed by atoms with van der Waals surface area (Å²) in [5.41, 5.74) is -2.39. The van der Waals surface area contributed by atoms with Crippen molar-refractivity contribution in [2.75, 3.05) is 0 Å². The molecule has 90 valence electrons. The van der Waals surface area contributed by atoms with Crippen LogP contribution in [0.25, 0.3) is 0 Å². The lowest BCUT2D eigenvalue weighted by Crippen LogP contribution is -2.15. The van der Waals surface area contributed by atoms with Crippen LogP contribution in [-0.2, 0) is 10.9 Å². The molecule has 16 heavy (non-hydrogen) atoms. The fourth-order valence-corrected chi connectivity index (χ4v) is 1.92. The first-order chi connectivity index (χ1) is 7.21. The number of aromatic nitrogens is 1. The number of halogens is 5. The summed E-state index contributed by atoms with van der Waals surface area (Å²) >= 11 is 11.0. The van der Waals surface area contributed by atoms with E-state index in [1.807, 2.05) is 0 Å². The van der Waals surface area contributed by atoms with Crippen LogP contribution in [0.4, 0.5) is 13.2 Å². The summed E-state index contributed by atoms with van der Waals surface area (Å²) in [7, 11) is 0. The zero-order chi connectivity index (χ0) is 12.5. The van der Waals surface area contributed by atoms with Gasteiger partial charge in [0.2, 0.25) is 0 Å². The molecule has 0 spiro atoms. The Morgan fingerprint density at radius 2 is 2.12 bits per heavy atom. The molecule has 0 saturated carbocycles. The van der Waals surface area contributed by atoms with Crippen LogP contribution in [-0.4, -0.2) is 16.5 Å². The molecule has 0 amide bonds. The predicted octanol–water partition coefficient (Wildman–Crippen LogP) is 3.56. The zero-order valence-electron chi connectivity index (χ0n) is 7.64. The number of ether oxygens (including phenoxy) is 1. The Hall–Kier alpha value is -0.530. The largest absolute Gasteiger partial charge is 0.442 e. The van der Waals surface area contributed by atoms with Gasteiger partial charge < -0.3 is 4.74 Å². The van der Waals surface area contributed by atoms with E-state index < -0.39 is 28.3 Å². The molecule has 0 aliphatic carbocycles. The number of nitrogens with zero attached hydrogens (tertiary/aromatic N) is 1. The maximum atomic E-state index is 12.4. The average molecular weight is 294 g/mol. The molecule has 9 heteroatoms. The fourth-order valence-electron chi connectivity index (χ4n) is 0.826. The summed E-state index contributed by atoms with van der Waals surface area (Å²) in [4.78, 5) is 13.6. The fraction of sp³-hybridized carbons (Fsp3) is 0.429. The number of carbonyl (C=O) groups excluding carboxylic acids is 1. The van der Waals surface area contributed by atoms with E-state index in [0.29, 0.717) is 11.3 Å². The van der Waals surface area contributed by atoms with Gasteiger partial charge in [0.15, 0.2) is 15.7 Å². The van der Waals surface area contributed by atoms with E-state index in [4.69, 9.17) is 23.2 Å². The van der Waals surface area contributed by atoms with E-state index in [1.54, 1.807) is 0 Å². The minimum absolute atomic E-state index is 0.387. The van der Waals surface area contributed by atoms with Crippen molar-refractivity contribution in [1.82, 2.24) is 4.98 Å². The van der Waals surface area contributed by atoms with Gasteiger partial charge in [0.05, 0.1) is 0 Å². The van der Waals surface area contributed by atoms with E-state index in [9.17, 15) is 18.0 Å². The highest BCUT2D eigenvalue weighted by Gasteiger charge is 2.40. The number of rotatable bonds is 2. The van der Waals surface area contributed by atoms with Crippen LogP contribution in [0.2, 0.25) is 4.47 Å². The number of alkyl halides is 4. The Kier molecular flexibility index (Phi) is 4.03.